The number of hydrogen-bond acceptors (Lipinski definition) is 3. The number of imidazole rings is 1. The van der Waals surface area contributed by atoms with Gasteiger partial charge in [-0.05, 0) is 67.6 Å². The molecule has 2 N–H and O–H groups in total. The second-order valence-corrected chi connectivity index (χ2v) is 7.36. The highest BCUT2D eigenvalue weighted by molar-refractivity contribution is 5.94. The van der Waals surface area contributed by atoms with Crippen LogP contribution in [0.1, 0.15) is 46.1 Å². The van der Waals surface area contributed by atoms with Gasteiger partial charge in [-0.25, -0.2) is 4.98 Å². The SMILES string of the molecule is Cc1nccn1-c1ccc(CNC(=O)c2ccc(C3CCCNC3)cc2)cc1. The number of rotatable bonds is 5. The Morgan fingerprint density at radius 3 is 2.61 bits per heavy atom. The third-order valence-electron chi connectivity index (χ3n) is 5.43. The maximum Gasteiger partial charge on any atom is 0.251 e. The molecule has 4 rings (SSSR count). The van der Waals surface area contributed by atoms with Gasteiger partial charge in [0, 0.05) is 36.7 Å². The highest BCUT2D eigenvalue weighted by atomic mass is 16.1. The van der Waals surface area contributed by atoms with E-state index in [0.717, 1.165) is 30.2 Å². The van der Waals surface area contributed by atoms with E-state index in [4.69, 9.17) is 0 Å². The fraction of sp³-hybridized carbons (Fsp3) is 0.304. The van der Waals surface area contributed by atoms with E-state index in [2.05, 4.69) is 27.8 Å². The van der Waals surface area contributed by atoms with Gasteiger partial charge in [0.05, 0.1) is 0 Å². The first-order chi connectivity index (χ1) is 13.7. The zero-order valence-electron chi connectivity index (χ0n) is 16.2. The molecule has 2 heterocycles. The van der Waals surface area contributed by atoms with E-state index < -0.39 is 0 Å². The third-order valence-corrected chi connectivity index (χ3v) is 5.43. The van der Waals surface area contributed by atoms with Gasteiger partial charge in [0.25, 0.3) is 5.91 Å². The highest BCUT2D eigenvalue weighted by Crippen LogP contribution is 2.23. The van der Waals surface area contributed by atoms with E-state index in [0.29, 0.717) is 18.0 Å². The molecular formula is C23H26N4O. The average Bonchev–Trinajstić information content (AvgIpc) is 3.19. The molecule has 1 aromatic heterocycles. The molecule has 5 nitrogen and oxygen atoms in total. The standard InChI is InChI=1S/C23H26N4O/c1-17-25-13-14-27(17)22-10-4-18(5-11-22)15-26-23(28)20-8-6-19(7-9-20)21-3-2-12-24-16-21/h4-11,13-14,21,24H,2-3,12,15-16H2,1H3,(H,26,28). The second-order valence-electron chi connectivity index (χ2n) is 7.36. The number of carbonyl (C=O) groups is 1. The molecule has 2 aromatic carbocycles. The summed E-state index contributed by atoms with van der Waals surface area (Å²) in [5.41, 5.74) is 4.16. The van der Waals surface area contributed by atoms with Gasteiger partial charge >= 0.3 is 0 Å². The molecule has 5 heteroatoms. The van der Waals surface area contributed by atoms with Gasteiger partial charge in [0.15, 0.2) is 0 Å². The zero-order valence-corrected chi connectivity index (χ0v) is 16.2. The second kappa shape index (κ2) is 8.40. The van der Waals surface area contributed by atoms with Gasteiger partial charge in [-0.3, -0.25) is 4.79 Å². The predicted molar refractivity (Wildman–Crippen MR) is 111 cm³/mol. The van der Waals surface area contributed by atoms with Crippen LogP contribution in [0.2, 0.25) is 0 Å². The van der Waals surface area contributed by atoms with E-state index in [1.807, 2.05) is 54.1 Å². The van der Waals surface area contributed by atoms with Crippen LogP contribution < -0.4 is 10.6 Å². The third kappa shape index (κ3) is 4.15. The lowest BCUT2D eigenvalue weighted by Gasteiger charge is -2.23. The first kappa shape index (κ1) is 18.4. The van der Waals surface area contributed by atoms with Gasteiger partial charge in [-0.2, -0.15) is 0 Å². The number of carbonyl (C=O) groups excluding carboxylic acids is 1. The molecule has 0 saturated carbocycles. The smallest absolute Gasteiger partial charge is 0.251 e. The largest absolute Gasteiger partial charge is 0.348 e. The van der Waals surface area contributed by atoms with E-state index in [1.165, 1.54) is 18.4 Å². The minimum Gasteiger partial charge on any atom is -0.348 e. The van der Waals surface area contributed by atoms with Gasteiger partial charge in [0.2, 0.25) is 0 Å². The highest BCUT2D eigenvalue weighted by Gasteiger charge is 2.15. The Labute approximate surface area is 165 Å². The lowest BCUT2D eigenvalue weighted by atomic mass is 9.91. The maximum atomic E-state index is 12.5. The minimum absolute atomic E-state index is 0.0390. The Hall–Kier alpha value is -2.92. The van der Waals surface area contributed by atoms with Crippen molar-refractivity contribution in [3.05, 3.63) is 83.4 Å². The number of nitrogens with one attached hydrogen (secondary N) is 2. The normalized spacial score (nSPS) is 16.7. The molecule has 1 unspecified atom stereocenters. The Morgan fingerprint density at radius 2 is 1.96 bits per heavy atom. The number of piperidine rings is 1. The molecule has 0 radical (unpaired) electrons. The Kier molecular flexibility index (Phi) is 5.53. The molecule has 1 aliphatic heterocycles. The van der Waals surface area contributed by atoms with Crippen LogP contribution in [0.3, 0.4) is 0 Å². The van der Waals surface area contributed by atoms with Crippen molar-refractivity contribution in [3.63, 3.8) is 0 Å². The van der Waals surface area contributed by atoms with Crippen molar-refractivity contribution in [1.82, 2.24) is 20.2 Å². The van der Waals surface area contributed by atoms with Crippen LogP contribution in [0.5, 0.6) is 0 Å². The molecule has 1 saturated heterocycles. The Balaban J connectivity index is 1.34. The number of aromatic nitrogens is 2. The molecule has 3 aromatic rings. The van der Waals surface area contributed by atoms with Crippen molar-refractivity contribution in [2.45, 2.75) is 32.2 Å². The maximum absolute atomic E-state index is 12.5. The summed E-state index contributed by atoms with van der Waals surface area (Å²) in [5.74, 6) is 1.47. The van der Waals surface area contributed by atoms with Crippen molar-refractivity contribution in [2.24, 2.45) is 0 Å². The van der Waals surface area contributed by atoms with E-state index >= 15 is 0 Å². The van der Waals surface area contributed by atoms with Crippen LogP contribution in [0, 0.1) is 6.92 Å². The van der Waals surface area contributed by atoms with Crippen LogP contribution >= 0.6 is 0 Å². The molecule has 144 valence electrons. The van der Waals surface area contributed by atoms with Crippen molar-refractivity contribution in [3.8, 4) is 5.69 Å². The number of amides is 1. The Morgan fingerprint density at radius 1 is 1.18 bits per heavy atom. The summed E-state index contributed by atoms with van der Waals surface area (Å²) in [6.07, 6.45) is 6.16. The summed E-state index contributed by atoms with van der Waals surface area (Å²) >= 11 is 0. The average molecular weight is 374 g/mol. The molecule has 1 amide bonds. The molecule has 1 atom stereocenters. The quantitative estimate of drug-likeness (QED) is 0.718. The molecule has 1 fully saturated rings. The molecule has 28 heavy (non-hydrogen) atoms. The number of aryl methyl sites for hydroxylation is 1. The summed E-state index contributed by atoms with van der Waals surface area (Å²) in [7, 11) is 0. The summed E-state index contributed by atoms with van der Waals surface area (Å²) in [5, 5.41) is 6.45. The number of hydrogen-bond donors (Lipinski definition) is 2. The summed E-state index contributed by atoms with van der Waals surface area (Å²) in [4.78, 5) is 16.7. The van der Waals surface area contributed by atoms with E-state index in [1.54, 1.807) is 6.20 Å². The summed E-state index contributed by atoms with van der Waals surface area (Å²) in [6.45, 7) is 4.63. The van der Waals surface area contributed by atoms with Crippen molar-refractivity contribution < 1.29 is 4.79 Å². The molecule has 0 bridgehead atoms. The predicted octanol–water partition coefficient (Wildman–Crippen LogP) is 3.58. The van der Waals surface area contributed by atoms with E-state index in [-0.39, 0.29) is 5.91 Å². The topological polar surface area (TPSA) is 59.0 Å². The first-order valence-corrected chi connectivity index (χ1v) is 9.89. The van der Waals surface area contributed by atoms with Crippen LogP contribution in [0.4, 0.5) is 0 Å². The first-order valence-electron chi connectivity index (χ1n) is 9.89. The van der Waals surface area contributed by atoms with Crippen LogP contribution in [0.15, 0.2) is 60.9 Å². The van der Waals surface area contributed by atoms with Crippen LogP contribution in [0.25, 0.3) is 5.69 Å². The zero-order chi connectivity index (χ0) is 19.3. The van der Waals surface area contributed by atoms with Crippen molar-refractivity contribution >= 4 is 5.91 Å². The van der Waals surface area contributed by atoms with Crippen molar-refractivity contribution in [1.29, 1.82) is 0 Å². The number of nitrogens with zero attached hydrogens (tertiary/aromatic N) is 2. The molecule has 1 aliphatic rings. The van der Waals surface area contributed by atoms with E-state index in [9.17, 15) is 4.79 Å². The van der Waals surface area contributed by atoms with Crippen LogP contribution in [-0.4, -0.2) is 28.5 Å². The summed E-state index contributed by atoms with van der Waals surface area (Å²) < 4.78 is 2.03. The van der Waals surface area contributed by atoms with Gasteiger partial charge in [-0.1, -0.05) is 24.3 Å². The molecule has 0 aliphatic carbocycles. The lowest BCUT2D eigenvalue weighted by Crippen LogP contribution is -2.28. The fourth-order valence-electron chi connectivity index (χ4n) is 3.75. The van der Waals surface area contributed by atoms with Crippen LogP contribution in [-0.2, 0) is 6.54 Å². The Bertz CT molecular complexity index is 922. The lowest BCUT2D eigenvalue weighted by molar-refractivity contribution is 0.0951. The number of benzene rings is 2. The summed E-state index contributed by atoms with van der Waals surface area (Å²) in [6, 6.07) is 16.2. The van der Waals surface area contributed by atoms with Gasteiger partial charge in [0.1, 0.15) is 5.82 Å². The van der Waals surface area contributed by atoms with Gasteiger partial charge < -0.3 is 15.2 Å². The van der Waals surface area contributed by atoms with Gasteiger partial charge in [-0.15, -0.1) is 0 Å². The monoisotopic (exact) mass is 374 g/mol. The molecule has 0 spiro atoms. The van der Waals surface area contributed by atoms with Crippen molar-refractivity contribution in [2.75, 3.05) is 13.1 Å². The molecular weight excluding hydrogens is 348 g/mol. The minimum atomic E-state index is -0.0390. The fourth-order valence-corrected chi connectivity index (χ4v) is 3.75.